The monoisotopic (exact) mass is 330 g/mol. The van der Waals surface area contributed by atoms with Crippen molar-refractivity contribution < 1.29 is 29.2 Å². The van der Waals surface area contributed by atoms with Gasteiger partial charge in [0.05, 0.1) is 12.7 Å². The number of carbonyl (C=O) groups excluding carboxylic acids is 1. The molecule has 0 saturated carbocycles. The van der Waals surface area contributed by atoms with E-state index in [1.807, 2.05) is 6.92 Å². The second kappa shape index (κ2) is 5.63. The molecule has 6 heteroatoms. The maximum Gasteiger partial charge on any atom is 0.342 e. The Balaban J connectivity index is 2.25. The van der Waals surface area contributed by atoms with Crippen LogP contribution in [-0.2, 0) is 11.3 Å². The first-order valence-electron chi connectivity index (χ1n) is 7.42. The van der Waals surface area contributed by atoms with Crippen LogP contribution in [0.1, 0.15) is 32.6 Å². The number of hydrogen-bond acceptors (Lipinski definition) is 6. The van der Waals surface area contributed by atoms with Gasteiger partial charge in [0.15, 0.2) is 11.5 Å². The Hall–Kier alpha value is -2.89. The number of aromatic hydroxyl groups is 2. The Morgan fingerprint density at radius 1 is 1.12 bits per heavy atom. The third-order valence-electron chi connectivity index (χ3n) is 4.15. The number of phenols is 2. The molecule has 0 aromatic heterocycles. The molecule has 2 aromatic rings. The van der Waals surface area contributed by atoms with Gasteiger partial charge in [-0.05, 0) is 38.5 Å². The molecule has 6 nitrogen and oxygen atoms in total. The van der Waals surface area contributed by atoms with E-state index in [2.05, 4.69) is 0 Å². The highest BCUT2D eigenvalue weighted by Gasteiger charge is 2.29. The second-order valence-electron chi connectivity index (χ2n) is 5.77. The topological polar surface area (TPSA) is 85.2 Å². The van der Waals surface area contributed by atoms with Crippen molar-refractivity contribution in [2.24, 2.45) is 0 Å². The van der Waals surface area contributed by atoms with Gasteiger partial charge in [-0.15, -0.1) is 0 Å². The molecule has 0 amide bonds. The second-order valence-corrected chi connectivity index (χ2v) is 5.77. The Bertz CT molecular complexity index is 854. The highest BCUT2D eigenvalue weighted by Crippen LogP contribution is 2.48. The van der Waals surface area contributed by atoms with Crippen LogP contribution >= 0.6 is 0 Å². The number of rotatable bonds is 1. The summed E-state index contributed by atoms with van der Waals surface area (Å²) < 4.78 is 16.5. The number of carbonyl (C=O) groups is 1. The van der Waals surface area contributed by atoms with Gasteiger partial charge >= 0.3 is 5.97 Å². The zero-order valence-corrected chi connectivity index (χ0v) is 13.9. The highest BCUT2D eigenvalue weighted by molar-refractivity contribution is 5.96. The maximum absolute atomic E-state index is 12.0. The molecule has 0 bridgehead atoms. The maximum atomic E-state index is 12.0. The SMILES string of the molecule is COC(=O)c1c(C)c2c(c(C)c1O)OCc1c(O)cc(C)cc1O2. The third kappa shape index (κ3) is 2.31. The Morgan fingerprint density at radius 2 is 1.83 bits per heavy atom. The van der Waals surface area contributed by atoms with Crippen molar-refractivity contribution in [1.82, 2.24) is 0 Å². The van der Waals surface area contributed by atoms with E-state index in [1.165, 1.54) is 7.11 Å². The van der Waals surface area contributed by atoms with E-state index in [-0.39, 0.29) is 23.7 Å². The Morgan fingerprint density at radius 3 is 2.50 bits per heavy atom. The molecule has 0 aliphatic carbocycles. The third-order valence-corrected chi connectivity index (χ3v) is 4.15. The molecule has 3 rings (SSSR count). The number of methoxy groups -OCH3 is 1. The molecule has 126 valence electrons. The minimum atomic E-state index is -0.656. The predicted octanol–water partition coefficient (Wildman–Crippen LogP) is 3.49. The van der Waals surface area contributed by atoms with Crippen molar-refractivity contribution >= 4 is 5.97 Å². The summed E-state index contributed by atoms with van der Waals surface area (Å²) >= 11 is 0. The summed E-state index contributed by atoms with van der Waals surface area (Å²) in [7, 11) is 1.25. The van der Waals surface area contributed by atoms with E-state index in [9.17, 15) is 15.0 Å². The summed E-state index contributed by atoms with van der Waals surface area (Å²) in [5.41, 5.74) is 2.16. The number of hydrogen-bond donors (Lipinski definition) is 2. The predicted molar refractivity (Wildman–Crippen MR) is 86.2 cm³/mol. The van der Waals surface area contributed by atoms with E-state index in [1.54, 1.807) is 26.0 Å². The lowest BCUT2D eigenvalue weighted by molar-refractivity contribution is 0.0596. The fourth-order valence-electron chi connectivity index (χ4n) is 2.83. The number of ether oxygens (including phenoxy) is 3. The highest BCUT2D eigenvalue weighted by atomic mass is 16.5. The Labute approximate surface area is 139 Å². The van der Waals surface area contributed by atoms with Crippen LogP contribution in [0, 0.1) is 20.8 Å². The fourth-order valence-corrected chi connectivity index (χ4v) is 2.83. The van der Waals surface area contributed by atoms with Crippen LogP contribution in [-0.4, -0.2) is 23.3 Å². The van der Waals surface area contributed by atoms with Gasteiger partial charge in [-0.3, -0.25) is 0 Å². The van der Waals surface area contributed by atoms with Crippen LogP contribution in [0.4, 0.5) is 0 Å². The molecule has 2 N–H and O–H groups in total. The summed E-state index contributed by atoms with van der Waals surface area (Å²) in [6.45, 7) is 5.20. The van der Waals surface area contributed by atoms with Crippen LogP contribution in [0.2, 0.25) is 0 Å². The number of phenolic OH excluding ortho intramolecular Hbond substituents is 2. The minimum Gasteiger partial charge on any atom is -0.507 e. The smallest absolute Gasteiger partial charge is 0.342 e. The lowest BCUT2D eigenvalue weighted by Gasteiger charge is -2.17. The van der Waals surface area contributed by atoms with Crippen molar-refractivity contribution in [3.05, 3.63) is 39.9 Å². The molecule has 24 heavy (non-hydrogen) atoms. The quantitative estimate of drug-likeness (QED) is 0.779. The molecule has 1 aliphatic rings. The fraction of sp³-hybridized carbons (Fsp3) is 0.278. The molecule has 0 spiro atoms. The van der Waals surface area contributed by atoms with Crippen molar-refractivity contribution in [3.8, 4) is 28.7 Å². The summed E-state index contributed by atoms with van der Waals surface area (Å²) in [6, 6.07) is 3.41. The van der Waals surface area contributed by atoms with Crippen molar-refractivity contribution in [2.45, 2.75) is 27.4 Å². The van der Waals surface area contributed by atoms with Gasteiger partial charge in [0, 0.05) is 11.1 Å². The zero-order valence-electron chi connectivity index (χ0n) is 13.9. The van der Waals surface area contributed by atoms with Crippen LogP contribution in [0.5, 0.6) is 28.7 Å². The van der Waals surface area contributed by atoms with Gasteiger partial charge in [0.25, 0.3) is 0 Å². The van der Waals surface area contributed by atoms with Crippen molar-refractivity contribution in [3.63, 3.8) is 0 Å². The van der Waals surface area contributed by atoms with Crippen LogP contribution in [0.3, 0.4) is 0 Å². The van der Waals surface area contributed by atoms with E-state index < -0.39 is 5.97 Å². The lowest BCUT2D eigenvalue weighted by atomic mass is 10.0. The molecule has 1 heterocycles. The van der Waals surface area contributed by atoms with E-state index in [0.717, 1.165) is 5.56 Å². The molecule has 0 unspecified atom stereocenters. The van der Waals surface area contributed by atoms with Crippen molar-refractivity contribution in [1.29, 1.82) is 0 Å². The average Bonchev–Trinajstić information content (AvgIpc) is 2.72. The van der Waals surface area contributed by atoms with Crippen LogP contribution in [0.15, 0.2) is 12.1 Å². The molecule has 0 atom stereocenters. The molecule has 0 fully saturated rings. The first-order valence-corrected chi connectivity index (χ1v) is 7.42. The van der Waals surface area contributed by atoms with Gasteiger partial charge in [0.2, 0.25) is 0 Å². The molecule has 2 aromatic carbocycles. The van der Waals surface area contributed by atoms with Gasteiger partial charge in [-0.1, -0.05) is 0 Å². The largest absolute Gasteiger partial charge is 0.507 e. The van der Waals surface area contributed by atoms with Crippen molar-refractivity contribution in [2.75, 3.05) is 7.11 Å². The summed E-state index contributed by atoms with van der Waals surface area (Å²) in [5.74, 6) is 0.338. The van der Waals surface area contributed by atoms with Crippen LogP contribution in [0.25, 0.3) is 0 Å². The summed E-state index contributed by atoms with van der Waals surface area (Å²) in [5, 5.41) is 20.5. The van der Waals surface area contributed by atoms with Gasteiger partial charge < -0.3 is 24.4 Å². The lowest BCUT2D eigenvalue weighted by Crippen LogP contribution is -2.07. The number of aryl methyl sites for hydroxylation is 1. The van der Waals surface area contributed by atoms with Crippen LogP contribution < -0.4 is 9.47 Å². The number of fused-ring (bicyclic) bond motifs is 2. The minimum absolute atomic E-state index is 0.0395. The van der Waals surface area contributed by atoms with Gasteiger partial charge in [-0.25, -0.2) is 4.79 Å². The Kier molecular flexibility index (Phi) is 3.75. The zero-order chi connectivity index (χ0) is 17.6. The number of benzene rings is 2. The molecule has 0 saturated heterocycles. The number of esters is 1. The van der Waals surface area contributed by atoms with Gasteiger partial charge in [-0.2, -0.15) is 0 Å². The van der Waals surface area contributed by atoms with E-state index >= 15 is 0 Å². The first-order chi connectivity index (χ1) is 11.3. The van der Waals surface area contributed by atoms with Gasteiger partial charge in [0.1, 0.15) is 29.4 Å². The molecule has 1 aliphatic heterocycles. The molecular weight excluding hydrogens is 312 g/mol. The molecule has 0 radical (unpaired) electrons. The standard InChI is InChI=1S/C18H18O6/c1-8-5-12(19)11-7-23-16-10(3)15(20)14(18(21)22-4)9(2)17(16)24-13(11)6-8/h5-6,19-20H,7H2,1-4H3. The normalized spacial score (nSPS) is 12.3. The summed E-state index contributed by atoms with van der Waals surface area (Å²) in [6.07, 6.45) is 0. The first kappa shape index (κ1) is 16.0. The molecular formula is C18H18O6. The van der Waals surface area contributed by atoms with E-state index in [4.69, 9.17) is 14.2 Å². The van der Waals surface area contributed by atoms with E-state index in [0.29, 0.717) is 33.9 Å². The summed E-state index contributed by atoms with van der Waals surface area (Å²) in [4.78, 5) is 12.0. The average molecular weight is 330 g/mol.